The van der Waals surface area contributed by atoms with Gasteiger partial charge in [0.05, 0.1) is 12.8 Å². The first-order valence-corrected chi connectivity index (χ1v) is 6.50. The first-order chi connectivity index (χ1) is 9.10. The van der Waals surface area contributed by atoms with E-state index in [0.717, 1.165) is 19.3 Å². The van der Waals surface area contributed by atoms with Gasteiger partial charge in [0.2, 0.25) is 5.91 Å². The predicted octanol–water partition coefficient (Wildman–Crippen LogP) is 2.71. The van der Waals surface area contributed by atoms with Crippen molar-refractivity contribution in [1.82, 2.24) is 0 Å². The van der Waals surface area contributed by atoms with Crippen LogP contribution in [0.3, 0.4) is 0 Å². The molecular formula is C14H20ClFN2O2. The summed E-state index contributed by atoms with van der Waals surface area (Å²) in [6, 6.07) is 4.15. The third-order valence-corrected chi connectivity index (χ3v) is 3.51. The highest BCUT2D eigenvalue weighted by Gasteiger charge is 2.25. The van der Waals surface area contributed by atoms with Crippen molar-refractivity contribution in [1.29, 1.82) is 0 Å². The fourth-order valence-electron chi connectivity index (χ4n) is 2.47. The largest absolute Gasteiger partial charge is 0.494 e. The van der Waals surface area contributed by atoms with E-state index in [1.807, 2.05) is 0 Å². The lowest BCUT2D eigenvalue weighted by atomic mass is 9.85. The topological polar surface area (TPSA) is 64.3 Å². The Hall–Kier alpha value is -1.33. The Kier molecular flexibility index (Phi) is 6.23. The zero-order chi connectivity index (χ0) is 13.8. The minimum atomic E-state index is -0.394. The van der Waals surface area contributed by atoms with Gasteiger partial charge in [-0.25, -0.2) is 4.39 Å². The van der Waals surface area contributed by atoms with Crippen LogP contribution in [0.15, 0.2) is 18.2 Å². The average molecular weight is 303 g/mol. The molecule has 0 aromatic heterocycles. The first-order valence-electron chi connectivity index (χ1n) is 6.50. The van der Waals surface area contributed by atoms with Crippen LogP contribution in [0.1, 0.15) is 25.7 Å². The maximum absolute atomic E-state index is 13.1. The molecule has 1 aliphatic carbocycles. The molecule has 4 nitrogen and oxygen atoms in total. The van der Waals surface area contributed by atoms with Crippen LogP contribution in [0, 0.1) is 11.7 Å². The lowest BCUT2D eigenvalue weighted by Crippen LogP contribution is -2.34. The van der Waals surface area contributed by atoms with Crippen molar-refractivity contribution in [2.45, 2.75) is 31.7 Å². The number of anilines is 1. The normalized spacial score (nSPS) is 21.8. The van der Waals surface area contributed by atoms with Crippen molar-refractivity contribution < 1.29 is 13.9 Å². The van der Waals surface area contributed by atoms with Crippen LogP contribution in [-0.4, -0.2) is 19.1 Å². The van der Waals surface area contributed by atoms with E-state index in [1.54, 1.807) is 0 Å². The van der Waals surface area contributed by atoms with E-state index >= 15 is 0 Å². The summed E-state index contributed by atoms with van der Waals surface area (Å²) in [5.74, 6) is -0.207. The van der Waals surface area contributed by atoms with Gasteiger partial charge in [0.1, 0.15) is 11.6 Å². The molecule has 1 aromatic rings. The second kappa shape index (κ2) is 7.45. The van der Waals surface area contributed by atoms with Gasteiger partial charge in [0, 0.05) is 18.0 Å². The number of rotatable bonds is 3. The molecule has 6 heteroatoms. The number of hydrogen-bond donors (Lipinski definition) is 2. The van der Waals surface area contributed by atoms with E-state index in [-0.39, 0.29) is 30.3 Å². The van der Waals surface area contributed by atoms with Crippen LogP contribution in [0.25, 0.3) is 0 Å². The predicted molar refractivity (Wildman–Crippen MR) is 78.8 cm³/mol. The molecule has 112 valence electrons. The molecule has 2 unspecified atom stereocenters. The number of nitrogens with two attached hydrogens (primary N) is 1. The number of hydrogen-bond acceptors (Lipinski definition) is 3. The molecule has 3 N–H and O–H groups in total. The fraction of sp³-hybridized carbons (Fsp3) is 0.500. The molecule has 1 fully saturated rings. The van der Waals surface area contributed by atoms with E-state index in [0.29, 0.717) is 17.9 Å². The van der Waals surface area contributed by atoms with Crippen molar-refractivity contribution in [3.63, 3.8) is 0 Å². The molecule has 0 aliphatic heterocycles. The van der Waals surface area contributed by atoms with Crippen LogP contribution < -0.4 is 15.8 Å². The Balaban J connectivity index is 0.00000200. The summed E-state index contributed by atoms with van der Waals surface area (Å²) in [5.41, 5.74) is 6.37. The number of methoxy groups -OCH3 is 1. The molecular weight excluding hydrogens is 283 g/mol. The second-order valence-electron chi connectivity index (χ2n) is 4.96. The monoisotopic (exact) mass is 302 g/mol. The first kappa shape index (κ1) is 16.7. The molecule has 0 saturated heterocycles. The molecule has 0 bridgehead atoms. The van der Waals surface area contributed by atoms with Gasteiger partial charge < -0.3 is 15.8 Å². The molecule has 2 rings (SSSR count). The summed E-state index contributed by atoms with van der Waals surface area (Å²) < 4.78 is 18.1. The van der Waals surface area contributed by atoms with E-state index < -0.39 is 5.82 Å². The number of carbonyl (C=O) groups excluding carboxylic acids is 1. The molecule has 0 radical (unpaired) electrons. The summed E-state index contributed by atoms with van der Waals surface area (Å²) in [7, 11) is 1.45. The lowest BCUT2D eigenvalue weighted by Gasteiger charge is -2.25. The van der Waals surface area contributed by atoms with Gasteiger partial charge in [-0.1, -0.05) is 6.42 Å². The molecule has 20 heavy (non-hydrogen) atoms. The molecule has 1 aromatic carbocycles. The Morgan fingerprint density at radius 3 is 2.85 bits per heavy atom. The Morgan fingerprint density at radius 1 is 1.45 bits per heavy atom. The van der Waals surface area contributed by atoms with Gasteiger partial charge in [0.25, 0.3) is 0 Å². The van der Waals surface area contributed by atoms with E-state index in [1.165, 1.54) is 25.3 Å². The molecule has 0 spiro atoms. The number of carbonyl (C=O) groups is 1. The van der Waals surface area contributed by atoms with Gasteiger partial charge >= 0.3 is 0 Å². The zero-order valence-electron chi connectivity index (χ0n) is 11.4. The highest BCUT2D eigenvalue weighted by molar-refractivity contribution is 5.94. The van der Waals surface area contributed by atoms with Crippen LogP contribution in [0.5, 0.6) is 5.75 Å². The maximum atomic E-state index is 13.1. The number of halogens is 2. The van der Waals surface area contributed by atoms with Crippen molar-refractivity contribution in [2.75, 3.05) is 12.4 Å². The summed E-state index contributed by atoms with van der Waals surface area (Å²) in [6.45, 7) is 0. The van der Waals surface area contributed by atoms with Crippen LogP contribution >= 0.6 is 12.4 Å². The number of nitrogens with one attached hydrogen (secondary N) is 1. The van der Waals surface area contributed by atoms with Gasteiger partial charge in [-0.3, -0.25) is 4.79 Å². The van der Waals surface area contributed by atoms with Crippen molar-refractivity contribution in [3.8, 4) is 5.75 Å². The fourth-order valence-corrected chi connectivity index (χ4v) is 2.47. The third kappa shape index (κ3) is 4.08. The Labute approximate surface area is 124 Å². The number of benzene rings is 1. The smallest absolute Gasteiger partial charge is 0.227 e. The minimum absolute atomic E-state index is 0. The van der Waals surface area contributed by atoms with Crippen molar-refractivity contribution in [2.24, 2.45) is 11.7 Å². The summed E-state index contributed by atoms with van der Waals surface area (Å²) in [5, 5.41) is 2.79. The van der Waals surface area contributed by atoms with Crippen molar-refractivity contribution in [3.05, 3.63) is 24.0 Å². The van der Waals surface area contributed by atoms with Crippen LogP contribution in [0.2, 0.25) is 0 Å². The zero-order valence-corrected chi connectivity index (χ0v) is 12.2. The summed E-state index contributed by atoms with van der Waals surface area (Å²) >= 11 is 0. The molecule has 0 heterocycles. The van der Waals surface area contributed by atoms with E-state index in [2.05, 4.69) is 5.32 Å². The lowest BCUT2D eigenvalue weighted by molar-refractivity contribution is -0.120. The van der Waals surface area contributed by atoms with Gasteiger partial charge in [-0.2, -0.15) is 0 Å². The quantitative estimate of drug-likeness (QED) is 0.902. The summed E-state index contributed by atoms with van der Waals surface area (Å²) in [4.78, 5) is 12.2. The molecule has 2 atom stereocenters. The Morgan fingerprint density at radius 2 is 2.20 bits per heavy atom. The SMILES string of the molecule is COc1cc(F)ccc1NC(=O)C1CCCC(N)C1.Cl. The molecule has 1 aliphatic rings. The van der Waals surface area contributed by atoms with Gasteiger partial charge in [0.15, 0.2) is 0 Å². The van der Waals surface area contributed by atoms with Gasteiger partial charge in [-0.15, -0.1) is 12.4 Å². The number of amides is 1. The highest BCUT2D eigenvalue weighted by Crippen LogP contribution is 2.28. The van der Waals surface area contributed by atoms with Crippen molar-refractivity contribution >= 4 is 24.0 Å². The number of ether oxygens (including phenoxy) is 1. The van der Waals surface area contributed by atoms with E-state index in [9.17, 15) is 9.18 Å². The van der Waals surface area contributed by atoms with Crippen LogP contribution in [0.4, 0.5) is 10.1 Å². The molecule has 1 amide bonds. The maximum Gasteiger partial charge on any atom is 0.227 e. The Bertz CT molecular complexity index is 470. The molecule has 1 saturated carbocycles. The standard InChI is InChI=1S/C14H19FN2O2.ClH/c1-19-13-8-10(15)5-6-12(13)17-14(18)9-3-2-4-11(16)7-9;/h5-6,8-9,11H,2-4,7,16H2,1H3,(H,17,18);1H. The second-order valence-corrected chi connectivity index (χ2v) is 4.96. The van der Waals surface area contributed by atoms with Gasteiger partial charge in [-0.05, 0) is 31.4 Å². The summed E-state index contributed by atoms with van der Waals surface area (Å²) in [6.07, 6.45) is 3.50. The average Bonchev–Trinajstić information content (AvgIpc) is 2.40. The van der Waals surface area contributed by atoms with Crippen LogP contribution in [-0.2, 0) is 4.79 Å². The minimum Gasteiger partial charge on any atom is -0.494 e. The third-order valence-electron chi connectivity index (χ3n) is 3.51. The highest BCUT2D eigenvalue weighted by atomic mass is 35.5. The van der Waals surface area contributed by atoms with E-state index in [4.69, 9.17) is 10.5 Å².